The van der Waals surface area contributed by atoms with E-state index in [1.165, 1.54) is 24.6 Å². The highest BCUT2D eigenvalue weighted by atomic mass is 16.6. The second kappa shape index (κ2) is 5.82. The van der Waals surface area contributed by atoms with Gasteiger partial charge in [-0.25, -0.2) is 0 Å². The summed E-state index contributed by atoms with van der Waals surface area (Å²) in [7, 11) is 0. The third-order valence-electron chi connectivity index (χ3n) is 3.59. The van der Waals surface area contributed by atoms with E-state index in [1.54, 1.807) is 6.07 Å². The summed E-state index contributed by atoms with van der Waals surface area (Å²) in [6, 6.07) is 6.04. The van der Waals surface area contributed by atoms with E-state index in [1.807, 2.05) is 0 Å². The van der Waals surface area contributed by atoms with Crippen LogP contribution in [0.3, 0.4) is 0 Å². The van der Waals surface area contributed by atoms with E-state index >= 15 is 0 Å². The monoisotopic (exact) mass is 262 g/mol. The van der Waals surface area contributed by atoms with Crippen molar-refractivity contribution in [3.05, 3.63) is 39.9 Å². The van der Waals surface area contributed by atoms with Gasteiger partial charge in [-0.05, 0) is 24.8 Å². The van der Waals surface area contributed by atoms with Crippen molar-refractivity contribution in [2.24, 2.45) is 5.92 Å². The number of benzene rings is 1. The number of nitrogens with zero attached hydrogens (tertiary/aromatic N) is 1. The highest BCUT2D eigenvalue weighted by Crippen LogP contribution is 2.24. The maximum atomic E-state index is 12.1. The van der Waals surface area contributed by atoms with E-state index in [9.17, 15) is 14.9 Å². The smallest absolute Gasteiger partial charge is 0.270 e. The fourth-order valence-electron chi connectivity index (χ4n) is 2.59. The fourth-order valence-corrected chi connectivity index (χ4v) is 2.59. The number of hydrogen-bond donors (Lipinski definition) is 1. The van der Waals surface area contributed by atoms with Gasteiger partial charge >= 0.3 is 0 Å². The number of nitro benzene ring substituents is 1. The third kappa shape index (κ3) is 3.53. The summed E-state index contributed by atoms with van der Waals surface area (Å²) in [5.74, 6) is 0.409. The van der Waals surface area contributed by atoms with E-state index in [-0.39, 0.29) is 17.6 Å². The molecule has 0 aliphatic heterocycles. The van der Waals surface area contributed by atoms with E-state index in [0.717, 1.165) is 19.3 Å². The second-order valence-electron chi connectivity index (χ2n) is 5.25. The quantitative estimate of drug-likeness (QED) is 0.672. The Bertz CT molecular complexity index is 487. The largest absolute Gasteiger partial charge is 0.349 e. The Balaban J connectivity index is 2.03. The molecule has 1 aliphatic carbocycles. The molecular formula is C14H18N2O3. The molecule has 1 aromatic rings. The predicted molar refractivity (Wildman–Crippen MR) is 72.0 cm³/mol. The molecule has 1 fully saturated rings. The lowest BCUT2D eigenvalue weighted by molar-refractivity contribution is -0.384. The molecule has 102 valence electrons. The Labute approximate surface area is 112 Å². The van der Waals surface area contributed by atoms with Crippen molar-refractivity contribution in [3.63, 3.8) is 0 Å². The highest BCUT2D eigenvalue weighted by Gasteiger charge is 2.21. The molecule has 0 saturated heterocycles. The Morgan fingerprint density at radius 3 is 2.89 bits per heavy atom. The molecule has 0 heterocycles. The van der Waals surface area contributed by atoms with Gasteiger partial charge < -0.3 is 5.32 Å². The van der Waals surface area contributed by atoms with Crippen LogP contribution in [0.1, 0.15) is 43.0 Å². The summed E-state index contributed by atoms with van der Waals surface area (Å²) in [4.78, 5) is 22.3. The Morgan fingerprint density at radius 2 is 2.21 bits per heavy atom. The summed E-state index contributed by atoms with van der Waals surface area (Å²) >= 11 is 0. The van der Waals surface area contributed by atoms with Crippen LogP contribution < -0.4 is 5.32 Å². The van der Waals surface area contributed by atoms with Gasteiger partial charge in [0.2, 0.25) is 0 Å². The van der Waals surface area contributed by atoms with E-state index in [0.29, 0.717) is 11.5 Å². The molecular weight excluding hydrogens is 244 g/mol. The van der Waals surface area contributed by atoms with Gasteiger partial charge in [-0.2, -0.15) is 0 Å². The van der Waals surface area contributed by atoms with Crippen LogP contribution in [0.15, 0.2) is 24.3 Å². The van der Waals surface area contributed by atoms with Crippen LogP contribution in [-0.4, -0.2) is 16.9 Å². The highest BCUT2D eigenvalue weighted by molar-refractivity contribution is 5.95. The van der Waals surface area contributed by atoms with Crippen molar-refractivity contribution >= 4 is 11.6 Å². The first-order valence-corrected chi connectivity index (χ1v) is 6.61. The van der Waals surface area contributed by atoms with E-state index in [4.69, 9.17) is 0 Å². The number of amides is 1. The lowest BCUT2D eigenvalue weighted by Crippen LogP contribution is -2.37. The predicted octanol–water partition coefficient (Wildman–Crippen LogP) is 2.90. The molecule has 1 N–H and O–H groups in total. The minimum atomic E-state index is -0.487. The van der Waals surface area contributed by atoms with E-state index < -0.39 is 4.92 Å². The van der Waals surface area contributed by atoms with Gasteiger partial charge in [0.25, 0.3) is 11.6 Å². The van der Waals surface area contributed by atoms with Crippen LogP contribution in [0.2, 0.25) is 0 Å². The molecule has 1 saturated carbocycles. The average Bonchev–Trinajstić information content (AvgIpc) is 2.39. The topological polar surface area (TPSA) is 72.2 Å². The third-order valence-corrected chi connectivity index (χ3v) is 3.59. The average molecular weight is 262 g/mol. The number of carbonyl (C=O) groups excluding carboxylic acids is 1. The lowest BCUT2D eigenvalue weighted by atomic mass is 9.87. The fraction of sp³-hybridized carbons (Fsp3) is 0.500. The summed E-state index contributed by atoms with van der Waals surface area (Å²) in [5.41, 5.74) is 0.303. The van der Waals surface area contributed by atoms with Crippen molar-refractivity contribution in [2.45, 2.75) is 38.6 Å². The molecule has 2 atom stereocenters. The number of nitro groups is 1. The second-order valence-corrected chi connectivity index (χ2v) is 5.25. The van der Waals surface area contributed by atoms with Gasteiger partial charge in [-0.3, -0.25) is 14.9 Å². The van der Waals surface area contributed by atoms with Crippen molar-refractivity contribution < 1.29 is 9.72 Å². The maximum Gasteiger partial charge on any atom is 0.270 e. The first kappa shape index (κ1) is 13.5. The summed E-state index contributed by atoms with van der Waals surface area (Å²) < 4.78 is 0. The maximum absolute atomic E-state index is 12.1. The molecule has 0 radical (unpaired) electrons. The van der Waals surface area contributed by atoms with Crippen molar-refractivity contribution in [2.75, 3.05) is 0 Å². The van der Waals surface area contributed by atoms with Crippen molar-refractivity contribution in [1.82, 2.24) is 5.32 Å². The van der Waals surface area contributed by atoms with Gasteiger partial charge in [-0.15, -0.1) is 0 Å². The number of carbonyl (C=O) groups is 1. The van der Waals surface area contributed by atoms with Crippen LogP contribution in [0.4, 0.5) is 5.69 Å². The molecule has 0 spiro atoms. The zero-order valence-electron chi connectivity index (χ0n) is 11.0. The number of rotatable bonds is 3. The Morgan fingerprint density at radius 1 is 1.42 bits per heavy atom. The first-order valence-electron chi connectivity index (χ1n) is 6.61. The molecule has 1 amide bonds. The normalized spacial score (nSPS) is 22.8. The van der Waals surface area contributed by atoms with Crippen LogP contribution in [0.25, 0.3) is 0 Å². The molecule has 0 unspecified atom stereocenters. The van der Waals surface area contributed by atoms with Crippen LogP contribution in [-0.2, 0) is 0 Å². The summed E-state index contributed by atoms with van der Waals surface area (Å²) in [6.45, 7) is 2.19. The molecule has 1 aliphatic rings. The minimum absolute atomic E-state index is 0.0512. The summed E-state index contributed by atoms with van der Waals surface area (Å²) in [5, 5.41) is 13.7. The Kier molecular flexibility index (Phi) is 4.14. The Hall–Kier alpha value is -1.91. The minimum Gasteiger partial charge on any atom is -0.349 e. The number of hydrogen-bond acceptors (Lipinski definition) is 3. The number of non-ortho nitro benzene ring substituents is 1. The van der Waals surface area contributed by atoms with Gasteiger partial charge in [0.15, 0.2) is 0 Å². The molecule has 1 aromatic carbocycles. The van der Waals surface area contributed by atoms with Crippen LogP contribution in [0.5, 0.6) is 0 Å². The van der Waals surface area contributed by atoms with E-state index in [2.05, 4.69) is 12.2 Å². The van der Waals surface area contributed by atoms with Crippen LogP contribution in [0, 0.1) is 16.0 Å². The van der Waals surface area contributed by atoms with Gasteiger partial charge in [0.05, 0.1) is 4.92 Å². The molecule has 19 heavy (non-hydrogen) atoms. The first-order chi connectivity index (χ1) is 9.06. The molecule has 5 heteroatoms. The number of nitrogens with one attached hydrogen (secondary N) is 1. The zero-order valence-corrected chi connectivity index (χ0v) is 11.0. The molecule has 0 aromatic heterocycles. The van der Waals surface area contributed by atoms with Gasteiger partial charge in [-0.1, -0.05) is 25.8 Å². The van der Waals surface area contributed by atoms with Crippen LogP contribution >= 0.6 is 0 Å². The SMILES string of the molecule is C[C@H]1CCC[C@@H](NC(=O)c2cccc([N+](=O)[O-])c2)C1. The summed E-state index contributed by atoms with van der Waals surface area (Å²) in [6.07, 6.45) is 4.32. The standard InChI is InChI=1S/C14H18N2O3/c1-10-4-2-6-12(8-10)15-14(17)11-5-3-7-13(9-11)16(18)19/h3,5,7,9-10,12H,2,4,6,8H2,1H3,(H,15,17)/t10-,12+/m0/s1. The molecule has 2 rings (SSSR count). The lowest BCUT2D eigenvalue weighted by Gasteiger charge is -2.27. The van der Waals surface area contributed by atoms with Crippen molar-refractivity contribution in [3.8, 4) is 0 Å². The van der Waals surface area contributed by atoms with Crippen molar-refractivity contribution in [1.29, 1.82) is 0 Å². The molecule has 0 bridgehead atoms. The molecule has 5 nitrogen and oxygen atoms in total. The van der Waals surface area contributed by atoms with Gasteiger partial charge in [0.1, 0.15) is 0 Å². The zero-order chi connectivity index (χ0) is 13.8. The van der Waals surface area contributed by atoms with Gasteiger partial charge in [0, 0.05) is 23.7 Å².